The van der Waals surface area contributed by atoms with Gasteiger partial charge in [-0.25, -0.2) is 12.8 Å². The Morgan fingerprint density at radius 2 is 1.76 bits per heavy atom. The largest absolute Gasteiger partial charge is 0.382 e. The number of nitrogens with one attached hydrogen (secondary N) is 2. The summed E-state index contributed by atoms with van der Waals surface area (Å²) in [6, 6.07) is 4.79. The zero-order chi connectivity index (χ0) is 15.6. The lowest BCUT2D eigenvalue weighted by molar-refractivity contribution is 0.281. The molecule has 0 saturated heterocycles. The van der Waals surface area contributed by atoms with Gasteiger partial charge in [-0.1, -0.05) is 13.8 Å². The van der Waals surface area contributed by atoms with Gasteiger partial charge in [0.15, 0.2) is 0 Å². The van der Waals surface area contributed by atoms with Gasteiger partial charge in [-0.2, -0.15) is 0 Å². The molecule has 1 saturated carbocycles. The van der Waals surface area contributed by atoms with Crippen molar-refractivity contribution in [1.82, 2.24) is 0 Å². The summed E-state index contributed by atoms with van der Waals surface area (Å²) in [6.07, 6.45) is 4.41. The van der Waals surface area contributed by atoms with E-state index in [2.05, 4.69) is 23.9 Å². The second-order valence-electron chi connectivity index (χ2n) is 6.33. The highest BCUT2D eigenvalue weighted by Crippen LogP contribution is 2.31. The van der Waals surface area contributed by atoms with Crippen molar-refractivity contribution in [3.63, 3.8) is 0 Å². The lowest BCUT2D eigenvalue weighted by atomic mass is 9.80. The number of hydrogen-bond donors (Lipinski definition) is 2. The maximum Gasteiger partial charge on any atom is 0.229 e. The number of sulfonamides is 1. The van der Waals surface area contributed by atoms with Crippen LogP contribution in [0.25, 0.3) is 0 Å². The Bertz CT molecular complexity index is 594. The van der Waals surface area contributed by atoms with Crippen LogP contribution in [0.5, 0.6) is 0 Å². The van der Waals surface area contributed by atoms with Crippen LogP contribution in [0, 0.1) is 17.7 Å². The third-order valence-electron chi connectivity index (χ3n) is 3.81. The molecule has 2 rings (SSSR count). The summed E-state index contributed by atoms with van der Waals surface area (Å²) in [7, 11) is -3.48. The van der Waals surface area contributed by atoms with Crippen molar-refractivity contribution in [2.24, 2.45) is 11.8 Å². The molecular formula is C15H23FN2O2S. The zero-order valence-corrected chi connectivity index (χ0v) is 13.5. The maximum atomic E-state index is 13.6. The van der Waals surface area contributed by atoms with Gasteiger partial charge in [-0.3, -0.25) is 4.72 Å². The number of benzene rings is 1. The molecule has 118 valence electrons. The van der Waals surface area contributed by atoms with Crippen LogP contribution >= 0.6 is 0 Å². The molecule has 2 unspecified atom stereocenters. The van der Waals surface area contributed by atoms with Crippen molar-refractivity contribution in [1.29, 1.82) is 0 Å². The van der Waals surface area contributed by atoms with E-state index in [-0.39, 0.29) is 5.69 Å². The summed E-state index contributed by atoms with van der Waals surface area (Å²) in [6.45, 7) is 4.48. The topological polar surface area (TPSA) is 58.2 Å². The Morgan fingerprint density at radius 3 is 2.33 bits per heavy atom. The third-order valence-corrected chi connectivity index (χ3v) is 4.40. The highest BCUT2D eigenvalue weighted by Gasteiger charge is 2.23. The first-order valence-electron chi connectivity index (χ1n) is 7.27. The first kappa shape index (κ1) is 16.1. The third kappa shape index (κ3) is 4.88. The van der Waals surface area contributed by atoms with E-state index in [9.17, 15) is 12.8 Å². The molecule has 21 heavy (non-hydrogen) atoms. The van der Waals surface area contributed by atoms with Crippen LogP contribution in [0.2, 0.25) is 0 Å². The molecule has 1 aliphatic rings. The Kier molecular flexibility index (Phi) is 4.76. The Hall–Kier alpha value is -1.30. The summed E-state index contributed by atoms with van der Waals surface area (Å²) in [5.74, 6) is 0.761. The molecule has 1 aromatic rings. The van der Waals surface area contributed by atoms with Crippen molar-refractivity contribution in [2.75, 3.05) is 16.3 Å². The summed E-state index contributed by atoms with van der Waals surface area (Å²) in [5, 5.41) is 3.39. The monoisotopic (exact) mass is 314 g/mol. The van der Waals surface area contributed by atoms with Crippen LogP contribution in [0.4, 0.5) is 15.8 Å². The SMILES string of the molecule is CC1CC(C)CC(Nc2ccc(F)c(NS(C)(=O)=O)c2)C1. The normalized spacial score (nSPS) is 26.4. The van der Waals surface area contributed by atoms with Crippen molar-refractivity contribution < 1.29 is 12.8 Å². The minimum Gasteiger partial charge on any atom is -0.382 e. The predicted octanol–water partition coefficient (Wildman–Crippen LogP) is 3.43. The van der Waals surface area contributed by atoms with Crippen LogP contribution in [0.3, 0.4) is 0 Å². The van der Waals surface area contributed by atoms with E-state index in [1.807, 2.05) is 0 Å². The molecule has 1 fully saturated rings. The molecular weight excluding hydrogens is 291 g/mol. The van der Waals surface area contributed by atoms with E-state index in [0.717, 1.165) is 24.8 Å². The molecule has 0 amide bonds. The summed E-state index contributed by atoms with van der Waals surface area (Å²) in [5.41, 5.74) is 0.730. The highest BCUT2D eigenvalue weighted by molar-refractivity contribution is 7.92. The van der Waals surface area contributed by atoms with Gasteiger partial charge >= 0.3 is 0 Å². The van der Waals surface area contributed by atoms with Crippen LogP contribution in [0.1, 0.15) is 33.1 Å². The van der Waals surface area contributed by atoms with Crippen LogP contribution in [-0.2, 0) is 10.0 Å². The fourth-order valence-corrected chi connectivity index (χ4v) is 3.75. The van der Waals surface area contributed by atoms with Gasteiger partial charge in [0.2, 0.25) is 10.0 Å². The van der Waals surface area contributed by atoms with Gasteiger partial charge in [0.05, 0.1) is 11.9 Å². The zero-order valence-electron chi connectivity index (χ0n) is 12.7. The standard InChI is InChI=1S/C15H23FN2O2S/c1-10-6-11(2)8-13(7-10)17-12-4-5-14(16)15(9-12)18-21(3,19)20/h4-5,9-11,13,17-18H,6-8H2,1-3H3. The predicted molar refractivity (Wildman–Crippen MR) is 84.5 cm³/mol. The average Bonchev–Trinajstić information content (AvgIpc) is 2.30. The van der Waals surface area contributed by atoms with Crippen molar-refractivity contribution in [3.05, 3.63) is 24.0 Å². The summed E-state index contributed by atoms with van der Waals surface area (Å²) in [4.78, 5) is 0. The van der Waals surface area contributed by atoms with Gasteiger partial charge in [0.25, 0.3) is 0 Å². The minimum atomic E-state index is -3.48. The quantitative estimate of drug-likeness (QED) is 0.895. The average molecular weight is 314 g/mol. The Balaban J connectivity index is 2.12. The number of halogens is 1. The fourth-order valence-electron chi connectivity index (χ4n) is 3.19. The number of rotatable bonds is 4. The van der Waals surface area contributed by atoms with Crippen LogP contribution < -0.4 is 10.0 Å². The fraction of sp³-hybridized carbons (Fsp3) is 0.600. The molecule has 2 N–H and O–H groups in total. The lowest BCUT2D eigenvalue weighted by Crippen LogP contribution is -2.30. The lowest BCUT2D eigenvalue weighted by Gasteiger charge is -2.32. The molecule has 1 aromatic carbocycles. The van der Waals surface area contributed by atoms with Gasteiger partial charge < -0.3 is 5.32 Å². The van der Waals surface area contributed by atoms with Crippen molar-refractivity contribution in [3.8, 4) is 0 Å². The summed E-state index contributed by atoms with van der Waals surface area (Å²) >= 11 is 0. The molecule has 6 heteroatoms. The molecule has 2 atom stereocenters. The smallest absolute Gasteiger partial charge is 0.229 e. The molecule has 4 nitrogen and oxygen atoms in total. The second kappa shape index (κ2) is 6.22. The first-order valence-corrected chi connectivity index (χ1v) is 9.16. The maximum absolute atomic E-state index is 13.6. The Morgan fingerprint density at radius 1 is 1.14 bits per heavy atom. The van der Waals surface area contributed by atoms with E-state index in [0.29, 0.717) is 17.9 Å². The molecule has 1 aliphatic carbocycles. The van der Waals surface area contributed by atoms with E-state index in [1.54, 1.807) is 6.07 Å². The first-order chi connectivity index (χ1) is 9.73. The van der Waals surface area contributed by atoms with Crippen molar-refractivity contribution >= 4 is 21.4 Å². The second-order valence-corrected chi connectivity index (χ2v) is 8.08. The van der Waals surface area contributed by atoms with Gasteiger partial charge in [0.1, 0.15) is 5.82 Å². The molecule has 0 aliphatic heterocycles. The molecule has 0 spiro atoms. The van der Waals surface area contributed by atoms with E-state index in [1.165, 1.54) is 18.6 Å². The summed E-state index contributed by atoms with van der Waals surface area (Å²) < 4.78 is 38.3. The van der Waals surface area contributed by atoms with Gasteiger partial charge in [0, 0.05) is 11.7 Å². The van der Waals surface area contributed by atoms with Crippen LogP contribution in [0.15, 0.2) is 18.2 Å². The van der Waals surface area contributed by atoms with E-state index >= 15 is 0 Å². The highest BCUT2D eigenvalue weighted by atomic mass is 32.2. The molecule has 0 aromatic heterocycles. The minimum absolute atomic E-state index is 0.0144. The van der Waals surface area contributed by atoms with Gasteiger partial charge in [-0.15, -0.1) is 0 Å². The van der Waals surface area contributed by atoms with E-state index in [4.69, 9.17) is 0 Å². The molecule has 0 bridgehead atoms. The van der Waals surface area contributed by atoms with Crippen LogP contribution in [-0.4, -0.2) is 20.7 Å². The number of anilines is 2. The van der Waals surface area contributed by atoms with Gasteiger partial charge in [-0.05, 0) is 49.3 Å². The molecule has 0 heterocycles. The Labute approximate surface area is 126 Å². The van der Waals surface area contributed by atoms with E-state index < -0.39 is 15.8 Å². The number of hydrogen-bond acceptors (Lipinski definition) is 3. The van der Waals surface area contributed by atoms with Crippen molar-refractivity contribution in [2.45, 2.75) is 39.2 Å². The molecule has 0 radical (unpaired) electrons.